The van der Waals surface area contributed by atoms with Gasteiger partial charge in [0, 0.05) is 18.4 Å². The highest BCUT2D eigenvalue weighted by Crippen LogP contribution is 2.33. The van der Waals surface area contributed by atoms with E-state index in [1.54, 1.807) is 0 Å². The summed E-state index contributed by atoms with van der Waals surface area (Å²) in [5, 5.41) is 11.4. The highest BCUT2D eigenvalue weighted by atomic mass is 16.5. The van der Waals surface area contributed by atoms with Crippen molar-refractivity contribution in [1.29, 1.82) is 0 Å². The minimum Gasteiger partial charge on any atom is -0.493 e. The Balaban J connectivity index is 1.63. The molecule has 3 nitrogen and oxygen atoms in total. The van der Waals surface area contributed by atoms with Crippen molar-refractivity contribution in [3.63, 3.8) is 0 Å². The van der Waals surface area contributed by atoms with Gasteiger partial charge in [-0.1, -0.05) is 72.8 Å². The average molecular weight is 396 g/mol. The number of aryl methyl sites for hydroxylation is 1. The first-order chi connectivity index (χ1) is 14.7. The Morgan fingerprint density at radius 3 is 2.30 bits per heavy atom. The molecule has 1 N–H and O–H groups in total. The lowest BCUT2D eigenvalue weighted by atomic mass is 9.97. The molecular formula is C27H24O3. The van der Waals surface area contributed by atoms with Gasteiger partial charge in [-0.3, -0.25) is 4.79 Å². The third-order valence-corrected chi connectivity index (χ3v) is 5.22. The number of carboxylic acid groups (broad SMARTS) is 1. The van der Waals surface area contributed by atoms with Crippen LogP contribution in [-0.4, -0.2) is 17.7 Å². The van der Waals surface area contributed by atoms with Crippen molar-refractivity contribution in [2.24, 2.45) is 0 Å². The molecule has 4 rings (SSSR count). The molecule has 30 heavy (non-hydrogen) atoms. The summed E-state index contributed by atoms with van der Waals surface area (Å²) in [6.45, 7) is 0.582. The van der Waals surface area contributed by atoms with Crippen molar-refractivity contribution in [2.45, 2.75) is 19.3 Å². The van der Waals surface area contributed by atoms with Gasteiger partial charge >= 0.3 is 5.97 Å². The van der Waals surface area contributed by atoms with Crippen LogP contribution in [0.2, 0.25) is 0 Å². The van der Waals surface area contributed by atoms with E-state index in [9.17, 15) is 4.79 Å². The highest BCUT2D eigenvalue weighted by molar-refractivity contribution is 5.88. The van der Waals surface area contributed by atoms with Crippen LogP contribution in [0, 0.1) is 0 Å². The van der Waals surface area contributed by atoms with Crippen LogP contribution in [0.5, 0.6) is 5.75 Å². The van der Waals surface area contributed by atoms with Gasteiger partial charge in [0.1, 0.15) is 5.75 Å². The Labute approximate surface area is 176 Å². The summed E-state index contributed by atoms with van der Waals surface area (Å²) in [4.78, 5) is 11.0. The average Bonchev–Trinajstić information content (AvgIpc) is 2.78. The summed E-state index contributed by atoms with van der Waals surface area (Å²) in [7, 11) is 0. The van der Waals surface area contributed by atoms with E-state index < -0.39 is 5.97 Å². The normalized spacial score (nSPS) is 10.8. The number of carboxylic acids is 1. The minimum absolute atomic E-state index is 0.116. The van der Waals surface area contributed by atoms with Crippen molar-refractivity contribution in [3.8, 4) is 16.9 Å². The van der Waals surface area contributed by atoms with Crippen LogP contribution in [0.25, 0.3) is 21.9 Å². The van der Waals surface area contributed by atoms with Gasteiger partial charge in [0.25, 0.3) is 0 Å². The fraction of sp³-hybridized carbons (Fsp3) is 0.148. The molecule has 0 saturated heterocycles. The SMILES string of the molecule is O=C(O)CCc1ccc(OCCc2ccccc2)c(-c2ccc3ccccc3c2)c1. The molecule has 0 aliphatic carbocycles. The Bertz CT molecular complexity index is 1150. The van der Waals surface area contributed by atoms with Crippen molar-refractivity contribution >= 4 is 16.7 Å². The highest BCUT2D eigenvalue weighted by Gasteiger charge is 2.10. The summed E-state index contributed by atoms with van der Waals surface area (Å²) in [5.74, 6) is 0.0331. The molecule has 0 aromatic heterocycles. The van der Waals surface area contributed by atoms with Crippen LogP contribution >= 0.6 is 0 Å². The molecule has 0 heterocycles. The number of hydrogen-bond donors (Lipinski definition) is 1. The van der Waals surface area contributed by atoms with E-state index in [1.165, 1.54) is 16.3 Å². The smallest absolute Gasteiger partial charge is 0.303 e. The van der Waals surface area contributed by atoms with Crippen molar-refractivity contribution in [3.05, 3.63) is 102 Å². The quantitative estimate of drug-likeness (QED) is 0.389. The van der Waals surface area contributed by atoms with E-state index >= 15 is 0 Å². The van der Waals surface area contributed by atoms with Crippen LogP contribution in [-0.2, 0) is 17.6 Å². The third kappa shape index (κ3) is 4.87. The van der Waals surface area contributed by atoms with Gasteiger partial charge in [0.05, 0.1) is 6.61 Å². The van der Waals surface area contributed by atoms with E-state index in [0.29, 0.717) is 13.0 Å². The zero-order valence-electron chi connectivity index (χ0n) is 16.8. The maximum Gasteiger partial charge on any atom is 0.303 e. The monoisotopic (exact) mass is 396 g/mol. The van der Waals surface area contributed by atoms with Crippen LogP contribution in [0.1, 0.15) is 17.5 Å². The molecule has 0 spiro atoms. The lowest BCUT2D eigenvalue weighted by molar-refractivity contribution is -0.136. The van der Waals surface area contributed by atoms with E-state index in [2.05, 4.69) is 48.5 Å². The standard InChI is InChI=1S/C27H24O3/c28-27(29)15-11-21-10-14-26(30-17-16-20-6-2-1-3-7-20)25(18-21)24-13-12-22-8-4-5-9-23(22)19-24/h1-10,12-14,18-19H,11,15-17H2,(H,28,29). The second-order valence-electron chi connectivity index (χ2n) is 7.37. The molecule has 0 fully saturated rings. The fourth-order valence-electron chi connectivity index (χ4n) is 3.62. The first-order valence-electron chi connectivity index (χ1n) is 10.2. The topological polar surface area (TPSA) is 46.5 Å². The van der Waals surface area contributed by atoms with Crippen LogP contribution in [0.3, 0.4) is 0 Å². The Hall–Kier alpha value is -3.59. The fourth-order valence-corrected chi connectivity index (χ4v) is 3.62. The van der Waals surface area contributed by atoms with Gasteiger partial charge in [0.2, 0.25) is 0 Å². The molecule has 0 amide bonds. The molecule has 0 aliphatic rings. The molecule has 0 atom stereocenters. The van der Waals surface area contributed by atoms with Gasteiger partial charge in [0.15, 0.2) is 0 Å². The second kappa shape index (κ2) is 9.27. The molecular weight excluding hydrogens is 372 g/mol. The molecule has 0 aliphatic heterocycles. The largest absolute Gasteiger partial charge is 0.493 e. The van der Waals surface area contributed by atoms with Gasteiger partial charge in [-0.2, -0.15) is 0 Å². The van der Waals surface area contributed by atoms with Crippen LogP contribution in [0.15, 0.2) is 91.0 Å². The Morgan fingerprint density at radius 1 is 0.733 bits per heavy atom. The van der Waals surface area contributed by atoms with Gasteiger partial charge in [-0.05, 0) is 52.1 Å². The van der Waals surface area contributed by atoms with E-state index in [-0.39, 0.29) is 6.42 Å². The summed E-state index contributed by atoms with van der Waals surface area (Å²) >= 11 is 0. The zero-order chi connectivity index (χ0) is 20.8. The second-order valence-corrected chi connectivity index (χ2v) is 7.37. The maximum atomic E-state index is 11.0. The number of carbonyl (C=O) groups is 1. The van der Waals surface area contributed by atoms with Gasteiger partial charge in [-0.15, -0.1) is 0 Å². The first kappa shape index (κ1) is 19.7. The zero-order valence-corrected chi connectivity index (χ0v) is 16.8. The third-order valence-electron chi connectivity index (χ3n) is 5.22. The maximum absolute atomic E-state index is 11.0. The molecule has 0 unspecified atom stereocenters. The summed E-state index contributed by atoms with van der Waals surface area (Å²) in [6.07, 6.45) is 1.45. The lowest BCUT2D eigenvalue weighted by Crippen LogP contribution is -2.03. The molecule has 0 bridgehead atoms. The molecule has 0 saturated carbocycles. The number of ether oxygens (including phenoxy) is 1. The predicted octanol–water partition coefficient (Wildman–Crippen LogP) is 6.15. The number of benzene rings is 4. The Morgan fingerprint density at radius 2 is 1.50 bits per heavy atom. The van der Waals surface area contributed by atoms with E-state index in [0.717, 1.165) is 28.9 Å². The molecule has 0 radical (unpaired) electrons. The molecule has 4 aromatic carbocycles. The van der Waals surface area contributed by atoms with Crippen molar-refractivity contribution in [2.75, 3.05) is 6.61 Å². The molecule has 150 valence electrons. The van der Waals surface area contributed by atoms with Crippen molar-refractivity contribution in [1.82, 2.24) is 0 Å². The van der Waals surface area contributed by atoms with Gasteiger partial charge < -0.3 is 9.84 Å². The van der Waals surface area contributed by atoms with E-state index in [4.69, 9.17) is 9.84 Å². The predicted molar refractivity (Wildman–Crippen MR) is 121 cm³/mol. The molecule has 4 aromatic rings. The summed E-state index contributed by atoms with van der Waals surface area (Å²) < 4.78 is 6.17. The number of aliphatic carboxylic acids is 1. The van der Waals surface area contributed by atoms with E-state index in [1.807, 2.05) is 42.5 Å². The number of fused-ring (bicyclic) bond motifs is 1. The molecule has 3 heteroatoms. The van der Waals surface area contributed by atoms with Crippen molar-refractivity contribution < 1.29 is 14.6 Å². The van der Waals surface area contributed by atoms with Crippen LogP contribution in [0.4, 0.5) is 0 Å². The van der Waals surface area contributed by atoms with Crippen LogP contribution < -0.4 is 4.74 Å². The lowest BCUT2D eigenvalue weighted by Gasteiger charge is -2.14. The van der Waals surface area contributed by atoms with Gasteiger partial charge in [-0.25, -0.2) is 0 Å². The number of rotatable bonds is 8. The Kier molecular flexibility index (Phi) is 6.09. The summed E-state index contributed by atoms with van der Waals surface area (Å²) in [5.41, 5.74) is 4.30. The minimum atomic E-state index is -0.787. The first-order valence-corrected chi connectivity index (χ1v) is 10.2. The number of hydrogen-bond acceptors (Lipinski definition) is 2. The summed E-state index contributed by atoms with van der Waals surface area (Å²) in [6, 6.07) is 30.9.